The molecule has 0 aliphatic carbocycles. The standard InChI is InChI=1S/C22H25ClN4O2/c1-15(2)3-8-19(16-4-6-18(23)7-5-16)25-20(28)9-10-21-26-22(27-29-21)17-11-13-24-14-12-17/h4-7,11-15,19H,3,8-10H2,1-2H3,(H,25,28). The summed E-state index contributed by atoms with van der Waals surface area (Å²) in [5, 5.41) is 7.79. The number of nitrogens with one attached hydrogen (secondary N) is 1. The average molecular weight is 413 g/mol. The molecular formula is C22H25ClN4O2. The third-order valence-electron chi connectivity index (χ3n) is 4.61. The van der Waals surface area contributed by atoms with Gasteiger partial charge in [-0.2, -0.15) is 4.98 Å². The second-order valence-electron chi connectivity index (χ2n) is 7.39. The molecule has 7 heteroatoms. The molecule has 2 aromatic heterocycles. The molecule has 1 unspecified atom stereocenters. The van der Waals surface area contributed by atoms with Crippen LogP contribution in [0.5, 0.6) is 0 Å². The van der Waals surface area contributed by atoms with Gasteiger partial charge in [-0.3, -0.25) is 9.78 Å². The lowest BCUT2D eigenvalue weighted by atomic mass is 9.97. The molecule has 152 valence electrons. The van der Waals surface area contributed by atoms with Crippen molar-refractivity contribution in [2.75, 3.05) is 0 Å². The SMILES string of the molecule is CC(C)CCC(NC(=O)CCc1nc(-c2ccncc2)no1)c1ccc(Cl)cc1. The lowest BCUT2D eigenvalue weighted by molar-refractivity contribution is -0.122. The minimum absolute atomic E-state index is 0.0441. The maximum absolute atomic E-state index is 12.6. The number of amides is 1. The first-order valence-corrected chi connectivity index (χ1v) is 10.2. The summed E-state index contributed by atoms with van der Waals surface area (Å²) in [6.07, 6.45) is 5.91. The number of benzene rings is 1. The minimum Gasteiger partial charge on any atom is -0.349 e. The molecule has 0 bridgehead atoms. The number of aryl methyl sites for hydroxylation is 1. The predicted molar refractivity (Wildman–Crippen MR) is 112 cm³/mol. The monoisotopic (exact) mass is 412 g/mol. The van der Waals surface area contributed by atoms with Crippen molar-refractivity contribution >= 4 is 17.5 Å². The summed E-state index contributed by atoms with van der Waals surface area (Å²) in [5.41, 5.74) is 1.89. The van der Waals surface area contributed by atoms with Crippen molar-refractivity contribution in [2.45, 2.75) is 45.6 Å². The average Bonchev–Trinajstić information content (AvgIpc) is 3.20. The van der Waals surface area contributed by atoms with Gasteiger partial charge in [-0.15, -0.1) is 0 Å². The van der Waals surface area contributed by atoms with Gasteiger partial charge < -0.3 is 9.84 Å². The predicted octanol–water partition coefficient (Wildman–Crippen LogP) is 5.01. The molecule has 1 N–H and O–H groups in total. The molecule has 0 aliphatic heterocycles. The summed E-state index contributed by atoms with van der Waals surface area (Å²) in [6.45, 7) is 4.35. The van der Waals surface area contributed by atoms with E-state index in [0.29, 0.717) is 29.1 Å². The number of hydrogen-bond acceptors (Lipinski definition) is 5. The van der Waals surface area contributed by atoms with E-state index in [-0.39, 0.29) is 18.4 Å². The summed E-state index contributed by atoms with van der Waals surface area (Å²) < 4.78 is 5.28. The van der Waals surface area contributed by atoms with Crippen molar-refractivity contribution in [1.29, 1.82) is 0 Å². The number of rotatable bonds is 9. The first-order valence-electron chi connectivity index (χ1n) is 9.79. The quantitative estimate of drug-likeness (QED) is 0.534. The summed E-state index contributed by atoms with van der Waals surface area (Å²) in [7, 11) is 0. The summed E-state index contributed by atoms with van der Waals surface area (Å²) in [5.74, 6) is 1.46. The van der Waals surface area contributed by atoms with Crippen LogP contribution in [0.2, 0.25) is 5.02 Å². The Labute approximate surface area is 175 Å². The lowest BCUT2D eigenvalue weighted by Gasteiger charge is -2.20. The molecule has 29 heavy (non-hydrogen) atoms. The Hall–Kier alpha value is -2.73. The van der Waals surface area contributed by atoms with Gasteiger partial charge in [0.15, 0.2) is 0 Å². The molecular weight excluding hydrogens is 388 g/mol. The molecule has 1 atom stereocenters. The fourth-order valence-corrected chi connectivity index (χ4v) is 3.10. The van der Waals surface area contributed by atoms with Crippen LogP contribution >= 0.6 is 11.6 Å². The molecule has 0 spiro atoms. The maximum atomic E-state index is 12.6. The Kier molecular flexibility index (Phi) is 7.36. The molecule has 0 saturated carbocycles. The van der Waals surface area contributed by atoms with Crippen molar-refractivity contribution in [2.24, 2.45) is 5.92 Å². The smallest absolute Gasteiger partial charge is 0.227 e. The van der Waals surface area contributed by atoms with E-state index in [4.69, 9.17) is 16.1 Å². The topological polar surface area (TPSA) is 80.9 Å². The van der Waals surface area contributed by atoms with E-state index in [1.165, 1.54) is 0 Å². The van der Waals surface area contributed by atoms with Crippen molar-refractivity contribution in [3.8, 4) is 11.4 Å². The number of carbonyl (C=O) groups excluding carboxylic acids is 1. The Morgan fingerprint density at radius 2 is 1.83 bits per heavy atom. The van der Waals surface area contributed by atoms with Crippen molar-refractivity contribution in [1.82, 2.24) is 20.4 Å². The lowest BCUT2D eigenvalue weighted by Crippen LogP contribution is -2.29. The third kappa shape index (κ3) is 6.39. The van der Waals surface area contributed by atoms with Gasteiger partial charge >= 0.3 is 0 Å². The van der Waals surface area contributed by atoms with Gasteiger partial charge in [0.25, 0.3) is 0 Å². The number of carbonyl (C=O) groups is 1. The highest BCUT2D eigenvalue weighted by Crippen LogP contribution is 2.23. The van der Waals surface area contributed by atoms with E-state index in [1.807, 2.05) is 36.4 Å². The molecule has 6 nitrogen and oxygen atoms in total. The highest BCUT2D eigenvalue weighted by atomic mass is 35.5. The van der Waals surface area contributed by atoms with E-state index in [9.17, 15) is 4.79 Å². The minimum atomic E-state index is -0.0442. The zero-order valence-electron chi connectivity index (χ0n) is 16.6. The largest absolute Gasteiger partial charge is 0.349 e. The summed E-state index contributed by atoms with van der Waals surface area (Å²) in [6, 6.07) is 11.2. The molecule has 0 fully saturated rings. The highest BCUT2D eigenvalue weighted by Gasteiger charge is 2.17. The van der Waals surface area contributed by atoms with E-state index in [1.54, 1.807) is 12.4 Å². The van der Waals surface area contributed by atoms with E-state index in [2.05, 4.69) is 34.3 Å². The van der Waals surface area contributed by atoms with Crippen molar-refractivity contribution < 1.29 is 9.32 Å². The Bertz CT molecular complexity index is 910. The number of pyridine rings is 1. The van der Waals surface area contributed by atoms with Gasteiger partial charge in [0.05, 0.1) is 6.04 Å². The van der Waals surface area contributed by atoms with Crippen LogP contribution in [0.3, 0.4) is 0 Å². The molecule has 3 rings (SSSR count). The van der Waals surface area contributed by atoms with Crippen molar-refractivity contribution in [3.05, 3.63) is 65.3 Å². The molecule has 1 aromatic carbocycles. The second kappa shape index (κ2) is 10.2. The van der Waals surface area contributed by atoms with Gasteiger partial charge in [0.2, 0.25) is 17.6 Å². The molecule has 3 aromatic rings. The number of hydrogen-bond donors (Lipinski definition) is 1. The van der Waals surface area contributed by atoms with Gasteiger partial charge in [-0.25, -0.2) is 0 Å². The maximum Gasteiger partial charge on any atom is 0.227 e. The third-order valence-corrected chi connectivity index (χ3v) is 4.86. The van der Waals surface area contributed by atoms with E-state index < -0.39 is 0 Å². The number of halogens is 1. The fraction of sp³-hybridized carbons (Fsp3) is 0.364. The van der Waals surface area contributed by atoms with E-state index >= 15 is 0 Å². The van der Waals surface area contributed by atoms with Crippen LogP contribution in [0.4, 0.5) is 0 Å². The van der Waals surface area contributed by atoms with Gasteiger partial charge in [0.1, 0.15) is 0 Å². The van der Waals surface area contributed by atoms with Crippen LogP contribution in [0.15, 0.2) is 53.3 Å². The zero-order valence-corrected chi connectivity index (χ0v) is 17.4. The second-order valence-corrected chi connectivity index (χ2v) is 7.83. The van der Waals surface area contributed by atoms with Crippen LogP contribution in [0, 0.1) is 5.92 Å². The molecule has 2 heterocycles. The molecule has 0 aliphatic rings. The van der Waals surface area contributed by atoms with Gasteiger partial charge in [0, 0.05) is 35.8 Å². The van der Waals surface area contributed by atoms with Crippen molar-refractivity contribution in [3.63, 3.8) is 0 Å². The van der Waals surface area contributed by atoms with Crippen LogP contribution in [-0.2, 0) is 11.2 Å². The van der Waals surface area contributed by atoms with Crippen LogP contribution < -0.4 is 5.32 Å². The van der Waals surface area contributed by atoms with Crippen LogP contribution in [0.1, 0.15) is 50.6 Å². The summed E-state index contributed by atoms with van der Waals surface area (Å²) >= 11 is 6.00. The Morgan fingerprint density at radius 1 is 1.10 bits per heavy atom. The first kappa shape index (κ1) is 21.0. The fourth-order valence-electron chi connectivity index (χ4n) is 2.98. The zero-order chi connectivity index (χ0) is 20.6. The number of nitrogens with zero attached hydrogens (tertiary/aromatic N) is 3. The van der Waals surface area contributed by atoms with Crippen LogP contribution in [0.25, 0.3) is 11.4 Å². The molecule has 0 saturated heterocycles. The molecule has 1 amide bonds. The summed E-state index contributed by atoms with van der Waals surface area (Å²) in [4.78, 5) is 20.9. The highest BCUT2D eigenvalue weighted by molar-refractivity contribution is 6.30. The Balaban J connectivity index is 1.58. The van der Waals surface area contributed by atoms with Crippen LogP contribution in [-0.4, -0.2) is 21.0 Å². The number of aromatic nitrogens is 3. The van der Waals surface area contributed by atoms with E-state index in [0.717, 1.165) is 24.0 Å². The van der Waals surface area contributed by atoms with Gasteiger partial charge in [-0.1, -0.05) is 42.7 Å². The first-order chi connectivity index (χ1) is 14.0. The van der Waals surface area contributed by atoms with Gasteiger partial charge in [-0.05, 0) is 48.6 Å². The molecule has 0 radical (unpaired) electrons. The Morgan fingerprint density at radius 3 is 2.52 bits per heavy atom. The normalized spacial score (nSPS) is 12.1.